The number of carbonyl (C=O) groups excluding carboxylic acids is 1. The van der Waals surface area contributed by atoms with E-state index in [1.54, 1.807) is 42.3 Å². The molecule has 3 aromatic rings. The molecule has 0 atom stereocenters. The molecule has 0 saturated heterocycles. The number of aromatic carboxylic acids is 1. The second kappa shape index (κ2) is 8.59. The quantitative estimate of drug-likeness (QED) is 0.518. The number of ether oxygens (including phenoxy) is 1. The van der Waals surface area contributed by atoms with E-state index in [2.05, 4.69) is 11.1 Å². The molecule has 1 aliphatic heterocycles. The summed E-state index contributed by atoms with van der Waals surface area (Å²) in [5.74, 6) is 0.643. The van der Waals surface area contributed by atoms with Crippen LogP contribution in [0.15, 0.2) is 59.2 Å². The molecule has 0 amide bonds. The Balaban J connectivity index is 1.73. The van der Waals surface area contributed by atoms with Crippen LogP contribution in [-0.4, -0.2) is 27.6 Å². The van der Waals surface area contributed by atoms with Gasteiger partial charge in [0.2, 0.25) is 5.88 Å². The number of allylic oxidation sites excluding steroid dienone is 1. The van der Waals surface area contributed by atoms with Crippen molar-refractivity contribution in [3.63, 3.8) is 0 Å². The molecule has 7 heteroatoms. The zero-order chi connectivity index (χ0) is 21.1. The minimum atomic E-state index is -0.985. The predicted octanol–water partition coefficient (Wildman–Crippen LogP) is 5.30. The number of hydrogen-bond acceptors (Lipinski definition) is 6. The second-order valence-corrected chi connectivity index (χ2v) is 7.90. The highest BCUT2D eigenvalue weighted by Crippen LogP contribution is 2.38. The van der Waals surface area contributed by atoms with Gasteiger partial charge in [0.05, 0.1) is 23.1 Å². The number of hydrogen-bond donors (Lipinski definition) is 1. The Morgan fingerprint density at radius 2 is 2.03 bits per heavy atom. The first-order valence-corrected chi connectivity index (χ1v) is 10.4. The maximum Gasteiger partial charge on any atom is 0.335 e. The van der Waals surface area contributed by atoms with E-state index in [9.17, 15) is 9.59 Å². The topological polar surface area (TPSA) is 89.6 Å². The highest BCUT2D eigenvalue weighted by atomic mass is 32.2. The molecule has 0 bridgehead atoms. The largest absolute Gasteiger partial charge is 0.478 e. The zero-order valence-electron chi connectivity index (χ0n) is 16.3. The maximum atomic E-state index is 12.5. The number of nitrogens with zero attached hydrogens (tertiary/aromatic N) is 1. The summed E-state index contributed by atoms with van der Waals surface area (Å²) in [7, 11) is 0. The molecule has 0 saturated carbocycles. The van der Waals surface area contributed by atoms with E-state index in [0.717, 1.165) is 28.3 Å². The molecule has 30 heavy (non-hydrogen) atoms. The number of aromatic nitrogens is 1. The van der Waals surface area contributed by atoms with Gasteiger partial charge in [-0.3, -0.25) is 4.79 Å². The smallest absolute Gasteiger partial charge is 0.335 e. The summed E-state index contributed by atoms with van der Waals surface area (Å²) in [4.78, 5) is 29.2. The van der Waals surface area contributed by atoms with Gasteiger partial charge >= 0.3 is 5.97 Å². The average Bonchev–Trinajstić information content (AvgIpc) is 3.46. The van der Waals surface area contributed by atoms with E-state index in [-0.39, 0.29) is 23.8 Å². The van der Waals surface area contributed by atoms with Gasteiger partial charge in [-0.25, -0.2) is 9.78 Å². The van der Waals surface area contributed by atoms with Crippen LogP contribution in [0.5, 0.6) is 5.88 Å². The van der Waals surface area contributed by atoms with Crippen LogP contribution in [0.4, 0.5) is 0 Å². The highest BCUT2D eigenvalue weighted by Gasteiger charge is 2.23. The number of carbonyl (C=O) groups is 2. The first kappa shape index (κ1) is 20.0. The summed E-state index contributed by atoms with van der Waals surface area (Å²) >= 11 is 1.72. The van der Waals surface area contributed by atoms with Crippen molar-refractivity contribution in [2.45, 2.75) is 20.0 Å². The number of furan rings is 1. The third-order valence-corrected chi connectivity index (χ3v) is 5.79. The van der Waals surface area contributed by atoms with Gasteiger partial charge in [0.25, 0.3) is 0 Å². The van der Waals surface area contributed by atoms with Crippen molar-refractivity contribution >= 4 is 28.4 Å². The van der Waals surface area contributed by atoms with Crippen LogP contribution in [0.2, 0.25) is 0 Å². The Kier molecular flexibility index (Phi) is 5.72. The van der Waals surface area contributed by atoms with E-state index in [1.165, 1.54) is 19.1 Å². The number of ketones is 1. The summed E-state index contributed by atoms with van der Waals surface area (Å²) in [6, 6.07) is 11.8. The van der Waals surface area contributed by atoms with Crippen LogP contribution in [0, 0.1) is 0 Å². The van der Waals surface area contributed by atoms with Crippen molar-refractivity contribution in [2.24, 2.45) is 0 Å². The molecule has 0 fully saturated rings. The van der Waals surface area contributed by atoms with E-state index in [1.807, 2.05) is 6.07 Å². The third kappa shape index (κ3) is 4.16. The molecule has 1 aromatic carbocycles. The Morgan fingerprint density at radius 3 is 2.63 bits per heavy atom. The standard InChI is InChI=1S/C23H19NO5S/c1-14(25)21-17(19-4-2-10-28-19)12-18(20-5-3-11-30-20)24-22(21)29-13-15-6-8-16(9-7-15)23(26)27/h2,4-10,12H,3,11,13H2,1H3,(H,26,27). The summed E-state index contributed by atoms with van der Waals surface area (Å²) < 4.78 is 11.5. The lowest BCUT2D eigenvalue weighted by molar-refractivity contribution is 0.0696. The van der Waals surface area contributed by atoms with Crippen molar-refractivity contribution in [3.8, 4) is 17.2 Å². The Bertz CT molecular complexity index is 1120. The number of rotatable bonds is 7. The van der Waals surface area contributed by atoms with Crippen molar-refractivity contribution in [1.29, 1.82) is 0 Å². The lowest BCUT2D eigenvalue weighted by Crippen LogP contribution is -2.07. The van der Waals surface area contributed by atoms with Crippen LogP contribution in [0.25, 0.3) is 16.2 Å². The van der Waals surface area contributed by atoms with Gasteiger partial charge in [-0.05, 0) is 49.2 Å². The van der Waals surface area contributed by atoms with Gasteiger partial charge in [0, 0.05) is 16.2 Å². The molecule has 0 aliphatic carbocycles. The van der Waals surface area contributed by atoms with Crippen LogP contribution >= 0.6 is 11.8 Å². The number of pyridine rings is 1. The summed E-state index contributed by atoms with van der Waals surface area (Å²) in [5.41, 5.74) is 2.72. The first-order valence-electron chi connectivity index (χ1n) is 9.41. The average molecular weight is 421 g/mol. The lowest BCUT2D eigenvalue weighted by Gasteiger charge is -2.15. The number of thioether (sulfide) groups is 1. The molecule has 1 aliphatic rings. The van der Waals surface area contributed by atoms with Crippen LogP contribution in [0.3, 0.4) is 0 Å². The molecule has 152 valence electrons. The lowest BCUT2D eigenvalue weighted by atomic mass is 10.0. The summed E-state index contributed by atoms with van der Waals surface area (Å²) in [6.07, 6.45) is 4.66. The second-order valence-electron chi connectivity index (χ2n) is 6.76. The van der Waals surface area contributed by atoms with Gasteiger partial charge in [0.1, 0.15) is 12.4 Å². The third-order valence-electron chi connectivity index (χ3n) is 4.66. The van der Waals surface area contributed by atoms with Crippen LogP contribution in [0.1, 0.15) is 45.3 Å². The monoisotopic (exact) mass is 421 g/mol. The molecule has 0 spiro atoms. The predicted molar refractivity (Wildman–Crippen MR) is 115 cm³/mol. The Hall–Kier alpha value is -3.32. The van der Waals surface area contributed by atoms with Crippen molar-refractivity contribution < 1.29 is 23.8 Å². The SMILES string of the molecule is CC(=O)c1c(-c2ccco2)cc(C2=CCCS2)nc1OCc1ccc(C(=O)O)cc1. The van der Waals surface area contributed by atoms with Gasteiger partial charge < -0.3 is 14.3 Å². The Morgan fingerprint density at radius 1 is 1.23 bits per heavy atom. The van der Waals surface area contributed by atoms with Gasteiger partial charge in [-0.1, -0.05) is 18.2 Å². The summed E-state index contributed by atoms with van der Waals surface area (Å²) in [5, 5.41) is 9.04. The highest BCUT2D eigenvalue weighted by molar-refractivity contribution is 8.08. The minimum Gasteiger partial charge on any atom is -0.478 e. The van der Waals surface area contributed by atoms with Crippen molar-refractivity contribution in [2.75, 3.05) is 5.75 Å². The maximum absolute atomic E-state index is 12.5. The molecule has 1 N–H and O–H groups in total. The molecule has 0 radical (unpaired) electrons. The summed E-state index contributed by atoms with van der Waals surface area (Å²) in [6.45, 7) is 1.63. The van der Waals surface area contributed by atoms with E-state index in [4.69, 9.17) is 14.3 Å². The fourth-order valence-corrected chi connectivity index (χ4v) is 4.15. The number of carboxylic acid groups (broad SMARTS) is 1. The van der Waals surface area contributed by atoms with Gasteiger partial charge in [-0.2, -0.15) is 0 Å². The first-order chi connectivity index (χ1) is 14.5. The number of Topliss-reactive ketones (excluding diaryl/α,β-unsaturated/α-hetero) is 1. The van der Waals surface area contributed by atoms with Gasteiger partial charge in [-0.15, -0.1) is 11.8 Å². The molecule has 0 unspecified atom stereocenters. The fraction of sp³-hybridized carbons (Fsp3) is 0.174. The number of benzene rings is 1. The number of carboxylic acids is 1. The van der Waals surface area contributed by atoms with E-state index in [0.29, 0.717) is 16.9 Å². The van der Waals surface area contributed by atoms with Gasteiger partial charge in [0.15, 0.2) is 5.78 Å². The minimum absolute atomic E-state index is 0.153. The molecule has 3 heterocycles. The molecular formula is C23H19NO5S. The normalized spacial score (nSPS) is 13.2. The molecule has 4 rings (SSSR count). The zero-order valence-corrected chi connectivity index (χ0v) is 17.1. The van der Waals surface area contributed by atoms with E-state index >= 15 is 0 Å². The van der Waals surface area contributed by atoms with Crippen LogP contribution < -0.4 is 4.74 Å². The van der Waals surface area contributed by atoms with Crippen molar-refractivity contribution in [1.82, 2.24) is 4.98 Å². The van der Waals surface area contributed by atoms with Crippen molar-refractivity contribution in [3.05, 3.63) is 77.2 Å². The molecule has 2 aromatic heterocycles. The van der Waals surface area contributed by atoms with Crippen LogP contribution in [-0.2, 0) is 6.61 Å². The molecule has 6 nitrogen and oxygen atoms in total. The van der Waals surface area contributed by atoms with E-state index < -0.39 is 5.97 Å². The molecular weight excluding hydrogens is 402 g/mol. The fourth-order valence-electron chi connectivity index (χ4n) is 3.21. The Labute approximate surface area is 177 Å².